The van der Waals surface area contributed by atoms with Gasteiger partial charge in [-0.25, -0.2) is 9.18 Å². The van der Waals surface area contributed by atoms with E-state index in [9.17, 15) is 14.0 Å². The predicted molar refractivity (Wildman–Crippen MR) is 77.7 cm³/mol. The Morgan fingerprint density at radius 1 is 1.43 bits per heavy atom. The van der Waals surface area contributed by atoms with Crippen LogP contribution in [-0.4, -0.2) is 28.2 Å². The number of carbonyl (C=O) groups is 2. The summed E-state index contributed by atoms with van der Waals surface area (Å²) in [5, 5.41) is 14.9. The molecule has 23 heavy (non-hydrogen) atoms. The van der Waals surface area contributed by atoms with Gasteiger partial charge in [-0.15, -0.1) is 0 Å². The zero-order valence-electron chi connectivity index (χ0n) is 12.5. The number of benzene rings is 1. The minimum Gasteiger partial charge on any atom is -0.479 e. The SMILES string of the molecule is Cc1cc(CC(=O)Nc2ccc(OC(C)C(=O)O)c(F)c2)no1. The van der Waals surface area contributed by atoms with E-state index in [-0.39, 0.29) is 23.8 Å². The van der Waals surface area contributed by atoms with E-state index in [0.29, 0.717) is 11.5 Å². The highest BCUT2D eigenvalue weighted by Gasteiger charge is 2.16. The van der Waals surface area contributed by atoms with Gasteiger partial charge in [0.25, 0.3) is 0 Å². The Hall–Kier alpha value is -2.90. The van der Waals surface area contributed by atoms with Crippen LogP contribution in [0.5, 0.6) is 5.75 Å². The van der Waals surface area contributed by atoms with Crippen LogP contribution < -0.4 is 10.1 Å². The van der Waals surface area contributed by atoms with Crippen LogP contribution in [0.2, 0.25) is 0 Å². The van der Waals surface area contributed by atoms with Crippen molar-refractivity contribution in [1.29, 1.82) is 0 Å². The van der Waals surface area contributed by atoms with Crippen molar-refractivity contribution in [3.8, 4) is 5.75 Å². The Morgan fingerprint density at radius 3 is 2.74 bits per heavy atom. The van der Waals surface area contributed by atoms with Crippen molar-refractivity contribution < 1.29 is 28.3 Å². The molecule has 0 aliphatic carbocycles. The van der Waals surface area contributed by atoms with Crippen molar-refractivity contribution in [2.75, 3.05) is 5.32 Å². The first kappa shape index (κ1) is 16.5. The number of aliphatic carboxylic acids is 1. The Labute approximate surface area is 131 Å². The molecule has 7 nitrogen and oxygen atoms in total. The largest absolute Gasteiger partial charge is 0.479 e. The molecule has 1 aromatic carbocycles. The maximum absolute atomic E-state index is 13.9. The molecule has 1 heterocycles. The summed E-state index contributed by atoms with van der Waals surface area (Å²) in [6, 6.07) is 5.35. The maximum Gasteiger partial charge on any atom is 0.344 e. The number of amides is 1. The van der Waals surface area contributed by atoms with E-state index in [0.717, 1.165) is 6.07 Å². The zero-order chi connectivity index (χ0) is 17.0. The summed E-state index contributed by atoms with van der Waals surface area (Å²) < 4.78 is 23.7. The molecule has 2 aromatic rings. The average molecular weight is 322 g/mol. The van der Waals surface area contributed by atoms with Gasteiger partial charge in [0, 0.05) is 17.8 Å². The fourth-order valence-corrected chi connectivity index (χ4v) is 1.79. The molecule has 1 unspecified atom stereocenters. The van der Waals surface area contributed by atoms with Crippen LogP contribution in [0.25, 0.3) is 0 Å². The molecule has 0 bridgehead atoms. The number of nitrogens with one attached hydrogen (secondary N) is 1. The van der Waals surface area contributed by atoms with Gasteiger partial charge in [0.15, 0.2) is 17.7 Å². The fourth-order valence-electron chi connectivity index (χ4n) is 1.79. The smallest absolute Gasteiger partial charge is 0.344 e. The maximum atomic E-state index is 13.9. The quantitative estimate of drug-likeness (QED) is 0.845. The number of anilines is 1. The normalized spacial score (nSPS) is 11.8. The lowest BCUT2D eigenvalue weighted by Gasteiger charge is -2.12. The average Bonchev–Trinajstić information content (AvgIpc) is 2.86. The lowest BCUT2D eigenvalue weighted by Crippen LogP contribution is -2.23. The standard InChI is InChI=1S/C15H15FN2O5/c1-8-5-11(18-23-8)7-14(19)17-10-3-4-13(12(16)6-10)22-9(2)15(20)21/h3-6,9H,7H2,1-2H3,(H,17,19)(H,20,21). The second-order valence-corrected chi connectivity index (χ2v) is 4.90. The van der Waals surface area contributed by atoms with Crippen LogP contribution in [0, 0.1) is 12.7 Å². The number of aryl methyl sites for hydroxylation is 1. The predicted octanol–water partition coefficient (Wildman–Crippen LogP) is 2.16. The number of ether oxygens (including phenoxy) is 1. The summed E-state index contributed by atoms with van der Waals surface area (Å²) in [5.74, 6) is -1.97. The van der Waals surface area contributed by atoms with E-state index in [1.165, 1.54) is 19.1 Å². The van der Waals surface area contributed by atoms with Gasteiger partial charge in [0.1, 0.15) is 5.76 Å². The molecule has 1 atom stereocenters. The van der Waals surface area contributed by atoms with Crippen molar-refractivity contribution in [2.45, 2.75) is 26.4 Å². The number of carboxylic acids is 1. The molecule has 8 heteroatoms. The van der Waals surface area contributed by atoms with E-state index in [1.807, 2.05) is 0 Å². The van der Waals surface area contributed by atoms with Crippen molar-refractivity contribution in [2.24, 2.45) is 0 Å². The van der Waals surface area contributed by atoms with E-state index in [2.05, 4.69) is 10.5 Å². The second-order valence-electron chi connectivity index (χ2n) is 4.90. The third-order valence-electron chi connectivity index (χ3n) is 2.89. The number of hydrogen-bond acceptors (Lipinski definition) is 5. The van der Waals surface area contributed by atoms with Crippen LogP contribution in [0.3, 0.4) is 0 Å². The molecular formula is C15H15FN2O5. The highest BCUT2D eigenvalue weighted by molar-refractivity contribution is 5.92. The van der Waals surface area contributed by atoms with Gasteiger partial charge in [-0.2, -0.15) is 0 Å². The third-order valence-corrected chi connectivity index (χ3v) is 2.89. The summed E-state index contributed by atoms with van der Waals surface area (Å²) in [7, 11) is 0. The van der Waals surface area contributed by atoms with Gasteiger partial charge in [-0.1, -0.05) is 5.16 Å². The van der Waals surface area contributed by atoms with E-state index in [4.69, 9.17) is 14.4 Å². The van der Waals surface area contributed by atoms with Crippen LogP contribution in [0.4, 0.5) is 10.1 Å². The highest BCUT2D eigenvalue weighted by Crippen LogP contribution is 2.22. The summed E-state index contributed by atoms with van der Waals surface area (Å²) in [6.45, 7) is 3.00. The first-order chi connectivity index (χ1) is 10.8. The third kappa shape index (κ3) is 4.53. The molecule has 2 N–H and O–H groups in total. The monoisotopic (exact) mass is 322 g/mol. The zero-order valence-corrected chi connectivity index (χ0v) is 12.5. The minimum atomic E-state index is -1.20. The number of carboxylic acid groups (broad SMARTS) is 1. The lowest BCUT2D eigenvalue weighted by molar-refractivity contribution is -0.144. The van der Waals surface area contributed by atoms with Gasteiger partial charge >= 0.3 is 5.97 Å². The van der Waals surface area contributed by atoms with Crippen LogP contribution >= 0.6 is 0 Å². The molecule has 0 fully saturated rings. The van der Waals surface area contributed by atoms with Gasteiger partial charge in [0.2, 0.25) is 5.91 Å². The minimum absolute atomic E-state index is 0.00669. The number of nitrogens with zero attached hydrogens (tertiary/aromatic N) is 1. The Morgan fingerprint density at radius 2 is 2.17 bits per heavy atom. The van der Waals surface area contributed by atoms with Crippen LogP contribution in [0.1, 0.15) is 18.4 Å². The number of aromatic nitrogens is 1. The molecule has 0 saturated heterocycles. The van der Waals surface area contributed by atoms with Gasteiger partial charge in [0.05, 0.1) is 12.1 Å². The number of halogens is 1. The number of hydrogen-bond donors (Lipinski definition) is 2. The van der Waals surface area contributed by atoms with E-state index >= 15 is 0 Å². The summed E-state index contributed by atoms with van der Waals surface area (Å²) >= 11 is 0. The highest BCUT2D eigenvalue weighted by atomic mass is 19.1. The fraction of sp³-hybridized carbons (Fsp3) is 0.267. The summed E-state index contributed by atoms with van der Waals surface area (Å²) in [6.07, 6.45) is -1.19. The number of carbonyl (C=O) groups excluding carboxylic acids is 1. The molecule has 0 aliphatic heterocycles. The van der Waals surface area contributed by atoms with Crippen molar-refractivity contribution in [3.05, 3.63) is 41.5 Å². The number of rotatable bonds is 6. The Kier molecular flexibility index (Phi) is 4.95. The second kappa shape index (κ2) is 6.91. The van der Waals surface area contributed by atoms with Crippen LogP contribution in [0.15, 0.2) is 28.8 Å². The summed E-state index contributed by atoms with van der Waals surface area (Å²) in [4.78, 5) is 22.5. The van der Waals surface area contributed by atoms with Crippen molar-refractivity contribution in [3.63, 3.8) is 0 Å². The molecular weight excluding hydrogens is 307 g/mol. The molecule has 1 aromatic heterocycles. The summed E-state index contributed by atoms with van der Waals surface area (Å²) in [5.41, 5.74) is 0.693. The lowest BCUT2D eigenvalue weighted by atomic mass is 10.2. The molecule has 1 amide bonds. The van der Waals surface area contributed by atoms with E-state index in [1.54, 1.807) is 13.0 Å². The van der Waals surface area contributed by atoms with Gasteiger partial charge < -0.3 is 19.7 Å². The Bertz CT molecular complexity index is 728. The first-order valence-electron chi connectivity index (χ1n) is 6.76. The topological polar surface area (TPSA) is 102 Å². The molecule has 0 radical (unpaired) electrons. The molecule has 0 aliphatic rings. The van der Waals surface area contributed by atoms with Gasteiger partial charge in [-0.3, -0.25) is 4.79 Å². The van der Waals surface area contributed by atoms with E-state index < -0.39 is 17.9 Å². The Balaban J connectivity index is 1.99. The van der Waals surface area contributed by atoms with Crippen molar-refractivity contribution >= 4 is 17.6 Å². The molecule has 0 saturated carbocycles. The molecule has 0 spiro atoms. The van der Waals surface area contributed by atoms with Crippen molar-refractivity contribution in [1.82, 2.24) is 5.16 Å². The molecule has 122 valence electrons. The molecule has 2 rings (SSSR count). The first-order valence-corrected chi connectivity index (χ1v) is 6.76. The van der Waals surface area contributed by atoms with Gasteiger partial charge in [-0.05, 0) is 26.0 Å². The van der Waals surface area contributed by atoms with Crippen LogP contribution in [-0.2, 0) is 16.0 Å².